The summed E-state index contributed by atoms with van der Waals surface area (Å²) in [6.07, 6.45) is 4.58. The number of nitrogens with one attached hydrogen (secondary N) is 1. The third-order valence-electron chi connectivity index (χ3n) is 5.12. The first-order chi connectivity index (χ1) is 15.4. The van der Waals surface area contributed by atoms with Crippen LogP contribution in [0.2, 0.25) is 0 Å². The zero-order valence-electron chi connectivity index (χ0n) is 18.3. The molecule has 0 atom stereocenters. The number of ether oxygens (including phenoxy) is 1. The van der Waals surface area contributed by atoms with Crippen LogP contribution < -0.4 is 9.46 Å². The van der Waals surface area contributed by atoms with E-state index in [9.17, 15) is 13.2 Å². The van der Waals surface area contributed by atoms with Crippen LogP contribution in [0.1, 0.15) is 36.8 Å². The molecule has 8 heteroatoms. The third kappa shape index (κ3) is 6.20. The lowest BCUT2D eigenvalue weighted by atomic mass is 10.1. The molecule has 2 aromatic carbocycles. The average Bonchev–Trinajstić information content (AvgIpc) is 3.05. The van der Waals surface area contributed by atoms with Gasteiger partial charge >= 0.3 is 0 Å². The molecule has 0 radical (unpaired) electrons. The minimum Gasteiger partial charge on any atom is -0.490 e. The van der Waals surface area contributed by atoms with E-state index < -0.39 is 10.0 Å². The molecule has 3 rings (SSSR count). The molecule has 0 aliphatic carbocycles. The molecule has 32 heavy (non-hydrogen) atoms. The standard InChI is InChI=1S/C24H29N3O4S/c1-3-17-31-20-14-12-19(13-15-20)18-27(2)23(28)11-5-4-8-16-25-24-21-9-6-7-10-22(21)32(29,30)26-24/h3,6-7,9-10,12-15H,1,4-5,8,11,16-18H2,2H3,(H,25,26). The third-order valence-corrected chi connectivity index (χ3v) is 6.52. The Morgan fingerprint density at radius 3 is 2.62 bits per heavy atom. The van der Waals surface area contributed by atoms with Gasteiger partial charge in [-0.2, -0.15) is 0 Å². The van der Waals surface area contributed by atoms with E-state index >= 15 is 0 Å². The molecule has 0 aromatic heterocycles. The van der Waals surface area contributed by atoms with E-state index in [4.69, 9.17) is 4.74 Å². The lowest BCUT2D eigenvalue weighted by molar-refractivity contribution is -0.130. The Kier molecular flexibility index (Phi) is 8.05. The molecule has 7 nitrogen and oxygen atoms in total. The number of amides is 1. The Labute approximate surface area is 189 Å². The second-order valence-corrected chi connectivity index (χ2v) is 9.29. The van der Waals surface area contributed by atoms with Crippen molar-refractivity contribution in [3.8, 4) is 5.75 Å². The van der Waals surface area contributed by atoms with Gasteiger partial charge in [0.05, 0.1) is 4.90 Å². The molecule has 1 aliphatic rings. The first-order valence-corrected chi connectivity index (χ1v) is 12.1. The zero-order valence-corrected chi connectivity index (χ0v) is 19.1. The van der Waals surface area contributed by atoms with Crippen LogP contribution in [0.3, 0.4) is 0 Å². The van der Waals surface area contributed by atoms with Gasteiger partial charge in [-0.05, 0) is 42.7 Å². The van der Waals surface area contributed by atoms with Gasteiger partial charge in [0.2, 0.25) is 5.91 Å². The largest absolute Gasteiger partial charge is 0.490 e. The van der Waals surface area contributed by atoms with Crippen molar-refractivity contribution in [2.75, 3.05) is 20.2 Å². The number of fused-ring (bicyclic) bond motifs is 1. The lowest BCUT2D eigenvalue weighted by Gasteiger charge is -2.17. The van der Waals surface area contributed by atoms with Crippen molar-refractivity contribution in [3.05, 3.63) is 72.3 Å². The highest BCUT2D eigenvalue weighted by atomic mass is 32.2. The number of hydrogen-bond donors (Lipinski definition) is 1. The summed E-state index contributed by atoms with van der Waals surface area (Å²) in [6, 6.07) is 14.5. The van der Waals surface area contributed by atoms with E-state index in [1.54, 1.807) is 42.3 Å². The van der Waals surface area contributed by atoms with Gasteiger partial charge in [-0.1, -0.05) is 43.3 Å². The topological polar surface area (TPSA) is 88.1 Å². The smallest absolute Gasteiger partial charge is 0.263 e. The summed E-state index contributed by atoms with van der Waals surface area (Å²) in [5.41, 5.74) is 1.66. The number of rotatable bonds is 11. The molecule has 2 aromatic rings. The van der Waals surface area contributed by atoms with Crippen LogP contribution in [0.4, 0.5) is 0 Å². The highest BCUT2D eigenvalue weighted by molar-refractivity contribution is 7.90. The van der Waals surface area contributed by atoms with Gasteiger partial charge in [-0.25, -0.2) is 8.42 Å². The molecule has 0 fully saturated rings. The van der Waals surface area contributed by atoms with Gasteiger partial charge < -0.3 is 9.64 Å². The fraction of sp³-hybridized carbons (Fsp3) is 0.333. The zero-order chi connectivity index (χ0) is 23.0. The summed E-state index contributed by atoms with van der Waals surface area (Å²) < 4.78 is 32.1. The van der Waals surface area contributed by atoms with Gasteiger partial charge in [0.25, 0.3) is 10.0 Å². The molecule has 1 amide bonds. The van der Waals surface area contributed by atoms with Gasteiger partial charge in [0.15, 0.2) is 0 Å². The maximum Gasteiger partial charge on any atom is 0.263 e. The molecule has 0 bridgehead atoms. The molecule has 170 valence electrons. The van der Waals surface area contributed by atoms with Crippen LogP contribution in [-0.4, -0.2) is 45.3 Å². The van der Waals surface area contributed by atoms with Gasteiger partial charge in [0.1, 0.15) is 18.2 Å². The highest BCUT2D eigenvalue weighted by Gasteiger charge is 2.29. The number of hydrogen-bond acceptors (Lipinski definition) is 5. The monoisotopic (exact) mass is 455 g/mol. The molecule has 0 saturated heterocycles. The van der Waals surface area contributed by atoms with Crippen molar-refractivity contribution in [1.82, 2.24) is 9.62 Å². The van der Waals surface area contributed by atoms with Crippen molar-refractivity contribution >= 4 is 21.8 Å². The number of carbonyl (C=O) groups is 1. The Hall–Kier alpha value is -3.13. The van der Waals surface area contributed by atoms with Gasteiger partial charge in [-0.3, -0.25) is 14.5 Å². The second kappa shape index (κ2) is 10.9. The number of nitrogens with zero attached hydrogens (tertiary/aromatic N) is 2. The summed E-state index contributed by atoms with van der Waals surface area (Å²) in [7, 11) is -1.69. The van der Waals surface area contributed by atoms with Crippen molar-refractivity contribution in [3.63, 3.8) is 0 Å². The summed E-state index contributed by atoms with van der Waals surface area (Å²) >= 11 is 0. The van der Waals surface area contributed by atoms with E-state index in [0.717, 1.165) is 30.6 Å². The number of carbonyl (C=O) groups excluding carboxylic acids is 1. The molecule has 1 heterocycles. The molecular weight excluding hydrogens is 426 g/mol. The number of unbranched alkanes of at least 4 members (excludes halogenated alkanes) is 2. The van der Waals surface area contributed by atoms with E-state index in [1.165, 1.54) is 0 Å². The Bertz CT molecular complexity index is 1080. The summed E-state index contributed by atoms with van der Waals surface area (Å²) in [5, 5.41) is 0. The minimum atomic E-state index is -3.50. The Balaban J connectivity index is 1.37. The van der Waals surface area contributed by atoms with Crippen molar-refractivity contribution in [1.29, 1.82) is 0 Å². The molecular formula is C24H29N3O4S. The number of benzene rings is 2. The molecule has 1 aliphatic heterocycles. The maximum atomic E-state index is 12.4. The molecule has 0 unspecified atom stereocenters. The fourth-order valence-electron chi connectivity index (χ4n) is 3.41. The molecule has 1 N–H and O–H groups in total. The van der Waals surface area contributed by atoms with Gasteiger partial charge in [-0.15, -0.1) is 0 Å². The Morgan fingerprint density at radius 2 is 1.88 bits per heavy atom. The maximum absolute atomic E-state index is 12.4. The summed E-state index contributed by atoms with van der Waals surface area (Å²) in [4.78, 5) is 18.8. The molecule has 0 spiro atoms. The number of aliphatic imine (C=N–C) groups is 1. The Morgan fingerprint density at radius 1 is 1.12 bits per heavy atom. The van der Waals surface area contributed by atoms with E-state index in [1.807, 2.05) is 24.3 Å². The highest BCUT2D eigenvalue weighted by Crippen LogP contribution is 2.22. The number of sulfonamides is 1. The lowest BCUT2D eigenvalue weighted by Crippen LogP contribution is -2.25. The summed E-state index contributed by atoms with van der Waals surface area (Å²) in [6.45, 7) is 5.15. The normalized spacial score (nSPS) is 15.1. The number of amidine groups is 1. The molecule has 0 saturated carbocycles. The van der Waals surface area contributed by atoms with Crippen LogP contribution in [0.25, 0.3) is 0 Å². The second-order valence-electron chi connectivity index (χ2n) is 7.64. The van der Waals surface area contributed by atoms with Crippen LogP contribution in [-0.2, 0) is 21.4 Å². The average molecular weight is 456 g/mol. The SMILES string of the molecule is C=CCOc1ccc(CN(C)C(=O)CCCCCN=C2NS(=O)(=O)c3ccccc32)cc1. The first kappa shape index (κ1) is 23.5. The van der Waals surface area contributed by atoms with Gasteiger partial charge in [0, 0.05) is 32.1 Å². The fourth-order valence-corrected chi connectivity index (χ4v) is 4.66. The predicted molar refractivity (Wildman–Crippen MR) is 125 cm³/mol. The predicted octanol–water partition coefficient (Wildman–Crippen LogP) is 3.51. The minimum absolute atomic E-state index is 0.0979. The summed E-state index contributed by atoms with van der Waals surface area (Å²) in [5.74, 6) is 1.28. The van der Waals surface area contributed by atoms with Crippen LogP contribution in [0.15, 0.2) is 71.1 Å². The van der Waals surface area contributed by atoms with Crippen LogP contribution >= 0.6 is 0 Å². The first-order valence-electron chi connectivity index (χ1n) is 10.6. The van der Waals surface area contributed by atoms with E-state index in [-0.39, 0.29) is 10.8 Å². The van der Waals surface area contributed by atoms with E-state index in [2.05, 4.69) is 16.3 Å². The quantitative estimate of drug-likeness (QED) is 0.415. The van der Waals surface area contributed by atoms with Crippen molar-refractivity contribution in [2.45, 2.75) is 37.1 Å². The van der Waals surface area contributed by atoms with E-state index in [0.29, 0.717) is 37.5 Å². The van der Waals surface area contributed by atoms with Crippen LogP contribution in [0.5, 0.6) is 5.75 Å². The van der Waals surface area contributed by atoms with Crippen molar-refractivity contribution < 1.29 is 17.9 Å². The van der Waals surface area contributed by atoms with Crippen molar-refractivity contribution in [2.24, 2.45) is 4.99 Å². The van der Waals surface area contributed by atoms with Crippen LogP contribution in [0, 0.1) is 0 Å².